The van der Waals surface area contributed by atoms with Crippen LogP contribution < -0.4 is 5.32 Å². The van der Waals surface area contributed by atoms with Crippen molar-refractivity contribution >= 4 is 17.9 Å². The van der Waals surface area contributed by atoms with Gasteiger partial charge in [0.25, 0.3) is 0 Å². The minimum Gasteiger partial charge on any atom is -0.444 e. The summed E-state index contributed by atoms with van der Waals surface area (Å²) in [4.78, 5) is 11.9. The van der Waals surface area contributed by atoms with Gasteiger partial charge in [-0.2, -0.15) is 0 Å². The normalized spacial score (nSPS) is 18.3. The highest BCUT2D eigenvalue weighted by molar-refractivity contribution is 7.99. The molecule has 0 aromatic rings. The summed E-state index contributed by atoms with van der Waals surface area (Å²) in [6.45, 7) is 7.84. The number of ether oxygens (including phenoxy) is 1. The van der Waals surface area contributed by atoms with Gasteiger partial charge in [0.15, 0.2) is 0 Å². The lowest BCUT2D eigenvalue weighted by Gasteiger charge is -2.24. The van der Waals surface area contributed by atoms with E-state index in [9.17, 15) is 4.79 Å². The predicted octanol–water partition coefficient (Wildman–Crippen LogP) is 5.34. The molecule has 1 N–H and O–H groups in total. The molecule has 4 heteroatoms. The van der Waals surface area contributed by atoms with Gasteiger partial charge in [0.05, 0.1) is 5.37 Å². The molecular weight excluding hydrogens is 282 g/mol. The fourth-order valence-corrected chi connectivity index (χ4v) is 3.82. The van der Waals surface area contributed by atoms with E-state index in [0.29, 0.717) is 0 Å². The van der Waals surface area contributed by atoms with Gasteiger partial charge >= 0.3 is 6.09 Å². The Kier molecular flexibility index (Phi) is 8.53. The zero-order valence-electron chi connectivity index (χ0n) is 14.2. The van der Waals surface area contributed by atoms with Crippen molar-refractivity contribution in [3.05, 3.63) is 0 Å². The summed E-state index contributed by atoms with van der Waals surface area (Å²) in [6, 6.07) is 0. The number of hydrogen-bond donors (Lipinski definition) is 1. The Morgan fingerprint density at radius 2 is 1.95 bits per heavy atom. The molecule has 0 aromatic heterocycles. The molecule has 0 aliphatic heterocycles. The second-order valence-corrected chi connectivity index (χ2v) is 8.50. The van der Waals surface area contributed by atoms with E-state index >= 15 is 0 Å². The second kappa shape index (κ2) is 9.60. The molecule has 1 aliphatic carbocycles. The average Bonchev–Trinajstić information content (AvgIpc) is 2.38. The molecule has 1 saturated carbocycles. The maximum absolute atomic E-state index is 11.9. The summed E-state index contributed by atoms with van der Waals surface area (Å²) >= 11 is 1.81. The number of nitrogens with one attached hydrogen (secondary N) is 1. The first-order valence-electron chi connectivity index (χ1n) is 8.52. The van der Waals surface area contributed by atoms with Crippen molar-refractivity contribution in [2.24, 2.45) is 5.92 Å². The molecule has 0 heterocycles. The lowest BCUT2D eigenvalue weighted by Crippen LogP contribution is -2.37. The van der Waals surface area contributed by atoms with E-state index in [-0.39, 0.29) is 11.5 Å². The van der Waals surface area contributed by atoms with Gasteiger partial charge in [0.2, 0.25) is 0 Å². The molecule has 1 amide bonds. The van der Waals surface area contributed by atoms with Gasteiger partial charge in [0, 0.05) is 0 Å². The van der Waals surface area contributed by atoms with Crippen LogP contribution >= 0.6 is 11.8 Å². The van der Waals surface area contributed by atoms with E-state index in [0.717, 1.165) is 18.1 Å². The number of hydrogen-bond acceptors (Lipinski definition) is 3. The molecule has 0 spiro atoms. The largest absolute Gasteiger partial charge is 0.444 e. The third kappa shape index (κ3) is 9.28. The molecule has 1 unspecified atom stereocenters. The molecule has 1 rings (SSSR count). The third-order valence-electron chi connectivity index (χ3n) is 3.85. The zero-order valence-corrected chi connectivity index (χ0v) is 15.1. The van der Waals surface area contributed by atoms with Gasteiger partial charge in [-0.15, -0.1) is 11.8 Å². The Hall–Kier alpha value is -0.380. The highest BCUT2D eigenvalue weighted by atomic mass is 32.2. The lowest BCUT2D eigenvalue weighted by molar-refractivity contribution is 0.0520. The quantitative estimate of drug-likeness (QED) is 0.644. The number of carbonyl (C=O) groups is 1. The molecule has 1 atom stereocenters. The number of carbonyl (C=O) groups excluding carboxylic acids is 1. The van der Waals surface area contributed by atoms with Gasteiger partial charge in [0.1, 0.15) is 5.60 Å². The standard InChI is InChI=1S/C17H33NO2S/c1-5-21-15(18-16(19)20-17(2,3)4)13-9-12-14-10-7-6-8-11-14/h14-15H,5-13H2,1-4H3,(H,18,19). The third-order valence-corrected chi connectivity index (χ3v) is 4.94. The van der Waals surface area contributed by atoms with Gasteiger partial charge < -0.3 is 10.1 Å². The summed E-state index contributed by atoms with van der Waals surface area (Å²) in [5.74, 6) is 1.94. The van der Waals surface area contributed by atoms with Gasteiger partial charge in [-0.1, -0.05) is 51.9 Å². The fourth-order valence-electron chi connectivity index (χ4n) is 2.91. The zero-order chi connectivity index (χ0) is 15.7. The molecule has 1 fully saturated rings. The monoisotopic (exact) mass is 315 g/mol. The number of alkyl carbamates (subject to hydrolysis) is 1. The minimum absolute atomic E-state index is 0.188. The van der Waals surface area contributed by atoms with Crippen LogP contribution in [0.2, 0.25) is 0 Å². The summed E-state index contributed by atoms with van der Waals surface area (Å²) in [5.41, 5.74) is -0.423. The Morgan fingerprint density at radius 3 is 2.52 bits per heavy atom. The smallest absolute Gasteiger partial charge is 0.408 e. The molecule has 0 bridgehead atoms. The highest BCUT2D eigenvalue weighted by Gasteiger charge is 2.20. The van der Waals surface area contributed by atoms with Crippen molar-refractivity contribution in [2.75, 3.05) is 5.75 Å². The minimum atomic E-state index is -0.423. The van der Waals surface area contributed by atoms with Crippen molar-refractivity contribution in [1.82, 2.24) is 5.32 Å². The van der Waals surface area contributed by atoms with E-state index in [1.807, 2.05) is 20.8 Å². The first kappa shape index (κ1) is 18.7. The Morgan fingerprint density at radius 1 is 1.29 bits per heavy atom. The van der Waals surface area contributed by atoms with E-state index < -0.39 is 5.60 Å². The van der Waals surface area contributed by atoms with Crippen LogP contribution in [0.5, 0.6) is 0 Å². The summed E-state index contributed by atoms with van der Waals surface area (Å²) < 4.78 is 5.35. The van der Waals surface area contributed by atoms with Crippen molar-refractivity contribution < 1.29 is 9.53 Å². The molecule has 0 saturated heterocycles. The molecule has 124 valence electrons. The first-order chi connectivity index (χ1) is 9.90. The van der Waals surface area contributed by atoms with E-state index in [1.165, 1.54) is 44.9 Å². The molecule has 21 heavy (non-hydrogen) atoms. The molecule has 1 aliphatic rings. The molecule has 0 aromatic carbocycles. The SMILES string of the molecule is CCSC(CCCC1CCCCC1)NC(=O)OC(C)(C)C. The van der Waals surface area contributed by atoms with Gasteiger partial charge in [-0.3, -0.25) is 0 Å². The van der Waals surface area contributed by atoms with Crippen LogP contribution in [0, 0.1) is 5.92 Å². The van der Waals surface area contributed by atoms with Crippen LogP contribution in [0.1, 0.15) is 79.1 Å². The molecule has 0 radical (unpaired) electrons. The summed E-state index contributed by atoms with van der Waals surface area (Å²) in [7, 11) is 0. The summed E-state index contributed by atoms with van der Waals surface area (Å²) in [6.07, 6.45) is 10.3. The van der Waals surface area contributed by atoms with Crippen LogP contribution in [0.3, 0.4) is 0 Å². The average molecular weight is 316 g/mol. The van der Waals surface area contributed by atoms with Crippen molar-refractivity contribution in [1.29, 1.82) is 0 Å². The van der Waals surface area contributed by atoms with Crippen molar-refractivity contribution in [2.45, 2.75) is 90.0 Å². The number of amides is 1. The highest BCUT2D eigenvalue weighted by Crippen LogP contribution is 2.28. The van der Waals surface area contributed by atoms with E-state index in [4.69, 9.17) is 4.74 Å². The van der Waals surface area contributed by atoms with Crippen molar-refractivity contribution in [3.8, 4) is 0 Å². The maximum Gasteiger partial charge on any atom is 0.408 e. The Balaban J connectivity index is 2.26. The molecule has 3 nitrogen and oxygen atoms in total. The van der Waals surface area contributed by atoms with Gasteiger partial charge in [-0.05, 0) is 38.9 Å². The van der Waals surface area contributed by atoms with Crippen LogP contribution in [0.15, 0.2) is 0 Å². The van der Waals surface area contributed by atoms with E-state index in [2.05, 4.69) is 12.2 Å². The van der Waals surface area contributed by atoms with Crippen LogP contribution in [-0.4, -0.2) is 22.8 Å². The first-order valence-corrected chi connectivity index (χ1v) is 9.56. The number of rotatable bonds is 7. The predicted molar refractivity (Wildman–Crippen MR) is 91.7 cm³/mol. The summed E-state index contributed by atoms with van der Waals surface area (Å²) in [5, 5.41) is 3.20. The second-order valence-electron chi connectivity index (χ2n) is 7.03. The van der Waals surface area contributed by atoms with Crippen LogP contribution in [-0.2, 0) is 4.74 Å². The Labute approximate surface area is 135 Å². The van der Waals surface area contributed by atoms with E-state index in [1.54, 1.807) is 11.8 Å². The Bertz CT molecular complexity index is 296. The van der Waals surface area contributed by atoms with Crippen LogP contribution in [0.4, 0.5) is 4.79 Å². The van der Waals surface area contributed by atoms with Gasteiger partial charge in [-0.25, -0.2) is 4.79 Å². The van der Waals surface area contributed by atoms with Crippen molar-refractivity contribution in [3.63, 3.8) is 0 Å². The fraction of sp³-hybridized carbons (Fsp3) is 0.941. The maximum atomic E-state index is 11.9. The molecular formula is C17H33NO2S. The number of thioether (sulfide) groups is 1. The topological polar surface area (TPSA) is 38.3 Å². The lowest BCUT2D eigenvalue weighted by atomic mass is 9.86. The van der Waals surface area contributed by atoms with Crippen LogP contribution in [0.25, 0.3) is 0 Å².